The number of carbonyl (C=O) groups is 1. The smallest absolute Gasteiger partial charge is 0.337 e. The molecule has 0 aliphatic heterocycles. The fraction of sp³-hybridized carbons (Fsp3) is 0.179. The van der Waals surface area contributed by atoms with E-state index in [4.69, 9.17) is 21.1 Å². The molecule has 9 nitrogen and oxygen atoms in total. The van der Waals surface area contributed by atoms with Crippen LogP contribution < -0.4 is 15.0 Å². The lowest BCUT2D eigenvalue weighted by molar-refractivity contribution is 0.0699. The molecule has 0 bridgehead atoms. The zero-order valence-electron chi connectivity index (χ0n) is 21.1. The lowest BCUT2D eigenvalue weighted by Gasteiger charge is -2.16. The number of halogens is 1. The minimum absolute atomic E-state index is 0.124. The number of nitriles is 1. The summed E-state index contributed by atoms with van der Waals surface area (Å²) >= 11 is 7.64. The number of methoxy groups -OCH3 is 1. The summed E-state index contributed by atoms with van der Waals surface area (Å²) in [6.45, 7) is 3.77. The van der Waals surface area contributed by atoms with Crippen molar-refractivity contribution < 1.29 is 19.4 Å². The summed E-state index contributed by atoms with van der Waals surface area (Å²) in [6.07, 6.45) is 1.38. The summed E-state index contributed by atoms with van der Waals surface area (Å²) in [7, 11) is 1.49. The van der Waals surface area contributed by atoms with Gasteiger partial charge in [-0.1, -0.05) is 11.6 Å². The molecule has 3 heterocycles. The van der Waals surface area contributed by atoms with Crippen molar-refractivity contribution in [1.29, 1.82) is 5.26 Å². The Kier molecular flexibility index (Phi) is 6.95. The molecule has 1 N–H and O–H groups in total. The van der Waals surface area contributed by atoms with E-state index in [2.05, 4.69) is 9.97 Å². The molecule has 0 spiro atoms. The van der Waals surface area contributed by atoms with E-state index in [0.717, 1.165) is 10.3 Å². The normalized spacial score (nSPS) is 11.1. The van der Waals surface area contributed by atoms with Gasteiger partial charge >= 0.3 is 5.97 Å². The standard InChI is InChI=1S/C28H21ClN4O5S/c1-14-25-23(16(11-30)12-31-14)27(34)33(15(2)32-25)8-9-38-21-6-4-17(29)10-19(21)18-5-7-22(37-3)24-20(28(35)36)13-39-26(18)24/h4-7,10,12-13H,8-9H2,1-3H3,(H,35,36). The second-order valence-corrected chi connectivity index (χ2v) is 9.99. The lowest BCUT2D eigenvalue weighted by atomic mass is 10.0. The van der Waals surface area contributed by atoms with Crippen molar-refractivity contribution in [3.63, 3.8) is 0 Å². The number of nitrogens with zero attached hydrogens (tertiary/aromatic N) is 4. The van der Waals surface area contributed by atoms with Crippen molar-refractivity contribution >= 4 is 49.9 Å². The number of hydrogen-bond acceptors (Lipinski definition) is 8. The number of hydrogen-bond donors (Lipinski definition) is 1. The Bertz CT molecular complexity index is 1890. The molecule has 3 aromatic heterocycles. The summed E-state index contributed by atoms with van der Waals surface area (Å²) in [5, 5.41) is 22.0. The molecule has 0 unspecified atom stereocenters. The number of aromatic nitrogens is 3. The van der Waals surface area contributed by atoms with Gasteiger partial charge in [0.15, 0.2) is 0 Å². The van der Waals surface area contributed by atoms with Crippen LogP contribution in [0.25, 0.3) is 32.1 Å². The minimum atomic E-state index is -1.05. The molecular formula is C28H21ClN4O5S. The molecule has 0 saturated carbocycles. The van der Waals surface area contributed by atoms with E-state index in [0.29, 0.717) is 44.5 Å². The van der Waals surface area contributed by atoms with E-state index < -0.39 is 5.97 Å². The van der Waals surface area contributed by atoms with Crippen LogP contribution in [0.15, 0.2) is 46.7 Å². The molecule has 0 aliphatic carbocycles. The van der Waals surface area contributed by atoms with Gasteiger partial charge in [0.2, 0.25) is 0 Å². The molecule has 0 radical (unpaired) electrons. The fourth-order valence-electron chi connectivity index (χ4n) is 4.54. The average molecular weight is 561 g/mol. The van der Waals surface area contributed by atoms with Crippen LogP contribution in [-0.2, 0) is 6.54 Å². The van der Waals surface area contributed by atoms with Crippen LogP contribution in [0.5, 0.6) is 11.5 Å². The van der Waals surface area contributed by atoms with E-state index >= 15 is 0 Å². The van der Waals surface area contributed by atoms with Gasteiger partial charge in [-0.3, -0.25) is 14.3 Å². The van der Waals surface area contributed by atoms with Crippen LogP contribution >= 0.6 is 22.9 Å². The molecule has 5 aromatic rings. The number of aryl methyl sites for hydroxylation is 2. The largest absolute Gasteiger partial charge is 0.496 e. The molecule has 5 rings (SSSR count). The van der Waals surface area contributed by atoms with E-state index in [1.807, 2.05) is 12.1 Å². The predicted molar refractivity (Wildman–Crippen MR) is 149 cm³/mol. The van der Waals surface area contributed by atoms with Crippen molar-refractivity contribution in [3.8, 4) is 28.7 Å². The first kappa shape index (κ1) is 26.2. The Balaban J connectivity index is 1.52. The molecule has 0 saturated heterocycles. The molecule has 11 heteroatoms. The number of fused-ring (bicyclic) bond motifs is 2. The third-order valence-electron chi connectivity index (χ3n) is 6.42. The van der Waals surface area contributed by atoms with Crippen molar-refractivity contribution in [2.24, 2.45) is 0 Å². The highest BCUT2D eigenvalue weighted by atomic mass is 35.5. The van der Waals surface area contributed by atoms with Crippen molar-refractivity contribution in [3.05, 3.63) is 79.9 Å². The summed E-state index contributed by atoms with van der Waals surface area (Å²) in [6, 6.07) is 10.8. The molecule has 39 heavy (non-hydrogen) atoms. The Labute approximate surface area is 231 Å². The van der Waals surface area contributed by atoms with Crippen LogP contribution in [0.3, 0.4) is 0 Å². The summed E-state index contributed by atoms with van der Waals surface area (Å²) < 4.78 is 13.8. The zero-order valence-corrected chi connectivity index (χ0v) is 22.7. The summed E-state index contributed by atoms with van der Waals surface area (Å²) in [5.74, 6) is 0.393. The quantitative estimate of drug-likeness (QED) is 0.272. The van der Waals surface area contributed by atoms with Gasteiger partial charge in [-0.15, -0.1) is 11.3 Å². The SMILES string of the molecule is COc1ccc(-c2cc(Cl)ccc2OCCn2c(C)nc3c(C)ncc(C#N)c3c2=O)c2scc(C(=O)O)c12. The number of carboxylic acids is 1. The third kappa shape index (κ3) is 4.56. The Hall–Kier alpha value is -4.46. The van der Waals surface area contributed by atoms with Crippen LogP contribution in [0.4, 0.5) is 0 Å². The lowest BCUT2D eigenvalue weighted by Crippen LogP contribution is -2.27. The Morgan fingerprint density at radius 1 is 1.18 bits per heavy atom. The van der Waals surface area contributed by atoms with E-state index in [-0.39, 0.29) is 35.2 Å². The maximum atomic E-state index is 13.3. The molecule has 196 valence electrons. The molecule has 0 aliphatic rings. The maximum Gasteiger partial charge on any atom is 0.337 e. The summed E-state index contributed by atoms with van der Waals surface area (Å²) in [4.78, 5) is 33.9. The van der Waals surface area contributed by atoms with Crippen LogP contribution in [0, 0.1) is 25.2 Å². The van der Waals surface area contributed by atoms with E-state index in [1.54, 1.807) is 43.5 Å². The Morgan fingerprint density at radius 3 is 2.67 bits per heavy atom. The molecule has 0 amide bonds. The Morgan fingerprint density at radius 2 is 1.95 bits per heavy atom. The molecule has 2 aromatic carbocycles. The number of carboxylic acid groups (broad SMARTS) is 1. The zero-order chi connectivity index (χ0) is 27.8. The molecule has 0 fully saturated rings. The first-order valence-corrected chi connectivity index (χ1v) is 13.0. The van der Waals surface area contributed by atoms with E-state index in [9.17, 15) is 20.0 Å². The topological polar surface area (TPSA) is 127 Å². The number of aromatic carboxylic acids is 1. The third-order valence-corrected chi connectivity index (χ3v) is 7.67. The highest BCUT2D eigenvalue weighted by Crippen LogP contribution is 2.44. The van der Waals surface area contributed by atoms with Crippen molar-refractivity contribution in [1.82, 2.24) is 14.5 Å². The van der Waals surface area contributed by atoms with Gasteiger partial charge in [0, 0.05) is 37.8 Å². The molecule has 0 atom stereocenters. The van der Waals surface area contributed by atoms with Crippen LogP contribution in [0.1, 0.15) is 27.4 Å². The minimum Gasteiger partial charge on any atom is -0.496 e. The van der Waals surface area contributed by atoms with Gasteiger partial charge in [0.1, 0.15) is 35.5 Å². The number of pyridine rings is 1. The predicted octanol–water partition coefficient (Wildman–Crippen LogP) is 5.60. The van der Waals surface area contributed by atoms with Crippen LogP contribution in [-0.4, -0.2) is 39.3 Å². The number of rotatable bonds is 7. The second-order valence-electron chi connectivity index (χ2n) is 8.67. The number of ether oxygens (including phenoxy) is 2. The van der Waals surface area contributed by atoms with Gasteiger partial charge in [0.05, 0.1) is 35.9 Å². The first-order valence-electron chi connectivity index (χ1n) is 11.8. The highest BCUT2D eigenvalue weighted by molar-refractivity contribution is 7.18. The first-order chi connectivity index (χ1) is 18.7. The van der Waals surface area contributed by atoms with Crippen LogP contribution in [0.2, 0.25) is 5.02 Å². The molecular weight excluding hydrogens is 540 g/mol. The van der Waals surface area contributed by atoms with Crippen molar-refractivity contribution in [2.75, 3.05) is 13.7 Å². The van der Waals surface area contributed by atoms with Gasteiger partial charge in [-0.2, -0.15) is 5.26 Å². The summed E-state index contributed by atoms with van der Waals surface area (Å²) in [5.41, 5.74) is 2.38. The second kappa shape index (κ2) is 10.4. The van der Waals surface area contributed by atoms with Gasteiger partial charge in [-0.25, -0.2) is 9.78 Å². The maximum absolute atomic E-state index is 13.3. The number of thiophene rings is 1. The van der Waals surface area contributed by atoms with Gasteiger partial charge in [0.25, 0.3) is 5.56 Å². The number of benzene rings is 2. The highest BCUT2D eigenvalue weighted by Gasteiger charge is 2.21. The fourth-order valence-corrected chi connectivity index (χ4v) is 5.80. The monoisotopic (exact) mass is 560 g/mol. The van der Waals surface area contributed by atoms with Gasteiger partial charge in [-0.05, 0) is 44.2 Å². The van der Waals surface area contributed by atoms with Gasteiger partial charge < -0.3 is 14.6 Å². The van der Waals surface area contributed by atoms with E-state index in [1.165, 1.54) is 29.2 Å². The average Bonchev–Trinajstić information content (AvgIpc) is 3.37. The van der Waals surface area contributed by atoms with Crippen molar-refractivity contribution in [2.45, 2.75) is 20.4 Å².